The highest BCUT2D eigenvalue weighted by atomic mass is 19.4. The third-order valence-electron chi connectivity index (χ3n) is 2.98. The van der Waals surface area contributed by atoms with Crippen LogP contribution in [0.3, 0.4) is 0 Å². The molecular weight excluding hydrogens is 290 g/mol. The average Bonchev–Trinajstić information content (AvgIpc) is 2.81. The first-order chi connectivity index (χ1) is 9.81. The maximum atomic E-state index is 13.3. The summed E-state index contributed by atoms with van der Waals surface area (Å²) in [6.07, 6.45) is -4.49. The predicted molar refractivity (Wildman–Crippen MR) is 65.7 cm³/mol. The van der Waals surface area contributed by atoms with E-state index in [1.165, 1.54) is 10.9 Å². The summed E-state index contributed by atoms with van der Waals surface area (Å²) in [6, 6.07) is 2.44. The van der Waals surface area contributed by atoms with Gasteiger partial charge in [-0.3, -0.25) is 0 Å². The number of nitrogens with one attached hydrogen (secondary N) is 1. The Morgan fingerprint density at radius 3 is 2.57 bits per heavy atom. The molecule has 1 N–H and O–H groups in total. The summed E-state index contributed by atoms with van der Waals surface area (Å²) in [5, 5.41) is 14.3. The van der Waals surface area contributed by atoms with E-state index in [0.717, 1.165) is 12.1 Å². The smallest absolute Gasteiger partial charge is 0.313 e. The minimum absolute atomic E-state index is 0.243. The number of hydrogen-bond donors (Lipinski definition) is 1. The van der Waals surface area contributed by atoms with E-state index < -0.39 is 23.6 Å². The van der Waals surface area contributed by atoms with Crippen molar-refractivity contribution < 1.29 is 17.6 Å². The monoisotopic (exact) mass is 303 g/mol. The minimum Gasteiger partial charge on any atom is -0.313 e. The molecule has 0 aliphatic carbocycles. The maximum Gasteiger partial charge on any atom is 0.419 e. The number of alkyl halides is 3. The summed E-state index contributed by atoms with van der Waals surface area (Å²) in [6.45, 7) is 0. The molecule has 0 radical (unpaired) electrons. The zero-order chi connectivity index (χ0) is 15.6. The van der Waals surface area contributed by atoms with Crippen molar-refractivity contribution in [3.05, 3.63) is 41.0 Å². The Hall–Kier alpha value is -2.03. The van der Waals surface area contributed by atoms with Crippen molar-refractivity contribution in [3.8, 4) is 0 Å². The molecule has 1 atom stereocenters. The van der Waals surface area contributed by atoms with Gasteiger partial charge >= 0.3 is 6.18 Å². The van der Waals surface area contributed by atoms with E-state index in [1.807, 2.05) is 0 Å². The van der Waals surface area contributed by atoms with Crippen molar-refractivity contribution >= 4 is 0 Å². The van der Waals surface area contributed by atoms with Gasteiger partial charge < -0.3 is 5.32 Å². The molecule has 0 fully saturated rings. The molecule has 0 saturated heterocycles. The van der Waals surface area contributed by atoms with Crippen LogP contribution < -0.4 is 5.32 Å². The van der Waals surface area contributed by atoms with Gasteiger partial charge in [0.25, 0.3) is 0 Å². The first-order valence-electron chi connectivity index (χ1n) is 6.08. The van der Waals surface area contributed by atoms with Crippen LogP contribution in [0.4, 0.5) is 17.6 Å². The van der Waals surface area contributed by atoms with Crippen molar-refractivity contribution in [3.63, 3.8) is 0 Å². The Morgan fingerprint density at radius 1 is 1.33 bits per heavy atom. The molecule has 0 aliphatic rings. The number of aromatic nitrogens is 4. The maximum absolute atomic E-state index is 13.3. The van der Waals surface area contributed by atoms with E-state index in [4.69, 9.17) is 0 Å². The molecule has 1 heterocycles. The summed E-state index contributed by atoms with van der Waals surface area (Å²) in [7, 11) is 3.18. The number of rotatable bonds is 4. The largest absolute Gasteiger partial charge is 0.419 e. The normalized spacial score (nSPS) is 13.4. The SMILES string of the molecule is CNC(Cc1nnn(C)n1)c1ccc(F)c(C(F)(F)F)c1. The molecule has 114 valence electrons. The van der Waals surface area contributed by atoms with Crippen LogP contribution in [0.15, 0.2) is 18.2 Å². The Balaban J connectivity index is 2.30. The Bertz CT molecular complexity index is 622. The van der Waals surface area contributed by atoms with Crippen molar-refractivity contribution in [1.29, 1.82) is 0 Å². The molecular formula is C12H13F4N5. The lowest BCUT2D eigenvalue weighted by molar-refractivity contribution is -0.140. The number of likely N-dealkylation sites (N-methyl/N-ethyl adjacent to an activating group) is 1. The molecule has 2 rings (SSSR count). The Labute approximate surface area is 118 Å². The van der Waals surface area contributed by atoms with E-state index >= 15 is 0 Å². The standard InChI is InChI=1S/C12H13F4N5/c1-17-10(6-11-18-20-21(2)19-11)7-3-4-9(13)8(5-7)12(14,15)16/h3-5,10,17H,6H2,1-2H3. The lowest BCUT2D eigenvalue weighted by atomic mass is 10.0. The molecule has 2 aromatic rings. The molecule has 1 unspecified atom stereocenters. The van der Waals surface area contributed by atoms with Gasteiger partial charge in [-0.15, -0.1) is 10.2 Å². The van der Waals surface area contributed by atoms with Crippen LogP contribution in [-0.2, 0) is 19.6 Å². The van der Waals surface area contributed by atoms with Gasteiger partial charge in [-0.2, -0.15) is 18.0 Å². The van der Waals surface area contributed by atoms with E-state index in [-0.39, 0.29) is 6.42 Å². The Morgan fingerprint density at radius 2 is 2.05 bits per heavy atom. The molecule has 0 aliphatic heterocycles. The Kier molecular flexibility index (Phi) is 4.21. The van der Waals surface area contributed by atoms with Gasteiger partial charge in [0, 0.05) is 12.5 Å². The predicted octanol–water partition coefficient (Wildman–Crippen LogP) is 1.87. The fourth-order valence-electron chi connectivity index (χ4n) is 1.95. The molecule has 0 spiro atoms. The first kappa shape index (κ1) is 15.4. The first-order valence-corrected chi connectivity index (χ1v) is 6.08. The number of halogens is 4. The molecule has 1 aromatic heterocycles. The van der Waals surface area contributed by atoms with Gasteiger partial charge in [-0.25, -0.2) is 4.39 Å². The van der Waals surface area contributed by atoms with Gasteiger partial charge in [0.05, 0.1) is 12.6 Å². The quantitative estimate of drug-likeness (QED) is 0.876. The molecule has 0 saturated carbocycles. The third-order valence-corrected chi connectivity index (χ3v) is 2.98. The van der Waals surface area contributed by atoms with Crippen LogP contribution in [0.2, 0.25) is 0 Å². The number of nitrogens with zero attached hydrogens (tertiary/aromatic N) is 4. The molecule has 0 amide bonds. The van der Waals surface area contributed by atoms with Gasteiger partial charge in [0.2, 0.25) is 0 Å². The number of tetrazole rings is 1. The third kappa shape index (κ3) is 3.54. The molecule has 9 heteroatoms. The second kappa shape index (κ2) is 5.76. The summed E-state index contributed by atoms with van der Waals surface area (Å²) in [5.74, 6) is -0.909. The van der Waals surface area contributed by atoms with E-state index in [9.17, 15) is 17.6 Å². The summed E-state index contributed by atoms with van der Waals surface area (Å²) in [4.78, 5) is 1.26. The van der Waals surface area contributed by atoms with Crippen LogP contribution in [0.1, 0.15) is 23.0 Å². The molecule has 5 nitrogen and oxygen atoms in total. The van der Waals surface area contributed by atoms with Crippen LogP contribution in [0, 0.1) is 5.82 Å². The van der Waals surface area contributed by atoms with Gasteiger partial charge in [-0.05, 0) is 30.0 Å². The van der Waals surface area contributed by atoms with E-state index in [2.05, 4.69) is 20.7 Å². The van der Waals surface area contributed by atoms with E-state index in [0.29, 0.717) is 11.4 Å². The zero-order valence-corrected chi connectivity index (χ0v) is 11.3. The number of aryl methyl sites for hydroxylation is 1. The average molecular weight is 303 g/mol. The fourth-order valence-corrected chi connectivity index (χ4v) is 1.95. The molecule has 1 aromatic carbocycles. The number of benzene rings is 1. The van der Waals surface area contributed by atoms with Crippen LogP contribution in [-0.4, -0.2) is 27.3 Å². The van der Waals surface area contributed by atoms with Crippen molar-refractivity contribution in [1.82, 2.24) is 25.5 Å². The van der Waals surface area contributed by atoms with Crippen molar-refractivity contribution in [2.75, 3.05) is 7.05 Å². The second-order valence-electron chi connectivity index (χ2n) is 4.48. The summed E-state index contributed by atoms with van der Waals surface area (Å²) < 4.78 is 51.5. The van der Waals surface area contributed by atoms with Crippen LogP contribution in [0.25, 0.3) is 0 Å². The minimum atomic E-state index is -4.73. The lowest BCUT2D eigenvalue weighted by Gasteiger charge is -2.17. The summed E-state index contributed by atoms with van der Waals surface area (Å²) >= 11 is 0. The number of hydrogen-bond acceptors (Lipinski definition) is 4. The highest BCUT2D eigenvalue weighted by Crippen LogP contribution is 2.33. The van der Waals surface area contributed by atoms with Gasteiger partial charge in [-0.1, -0.05) is 6.07 Å². The summed E-state index contributed by atoms with van der Waals surface area (Å²) in [5.41, 5.74) is -0.981. The topological polar surface area (TPSA) is 55.6 Å². The van der Waals surface area contributed by atoms with Gasteiger partial charge in [0.1, 0.15) is 5.82 Å². The highest BCUT2D eigenvalue weighted by Gasteiger charge is 2.34. The fraction of sp³-hybridized carbons (Fsp3) is 0.417. The zero-order valence-electron chi connectivity index (χ0n) is 11.3. The van der Waals surface area contributed by atoms with E-state index in [1.54, 1.807) is 14.1 Å². The molecule has 21 heavy (non-hydrogen) atoms. The van der Waals surface area contributed by atoms with Crippen LogP contribution in [0.5, 0.6) is 0 Å². The lowest BCUT2D eigenvalue weighted by Crippen LogP contribution is -2.21. The van der Waals surface area contributed by atoms with Crippen LogP contribution >= 0.6 is 0 Å². The highest BCUT2D eigenvalue weighted by molar-refractivity contribution is 5.30. The van der Waals surface area contributed by atoms with Gasteiger partial charge in [0.15, 0.2) is 5.82 Å². The van der Waals surface area contributed by atoms with Crippen molar-refractivity contribution in [2.45, 2.75) is 18.6 Å². The van der Waals surface area contributed by atoms with Crippen molar-refractivity contribution in [2.24, 2.45) is 7.05 Å². The molecule has 0 bridgehead atoms. The second-order valence-corrected chi connectivity index (χ2v) is 4.48.